The molecular formula is C11H18N4O. The molecule has 1 aliphatic rings. The van der Waals surface area contributed by atoms with Gasteiger partial charge in [-0.1, -0.05) is 13.3 Å². The monoisotopic (exact) mass is 222 g/mol. The number of nitrogens with two attached hydrogens (primary N) is 1. The third kappa shape index (κ3) is 1.71. The maximum Gasteiger partial charge on any atom is 0.233 e. The molecule has 0 radical (unpaired) electrons. The van der Waals surface area contributed by atoms with E-state index in [9.17, 15) is 4.79 Å². The molecule has 0 bridgehead atoms. The summed E-state index contributed by atoms with van der Waals surface area (Å²) in [6, 6.07) is 0. The Morgan fingerprint density at radius 2 is 2.44 bits per heavy atom. The van der Waals surface area contributed by atoms with Crippen LogP contribution in [0.5, 0.6) is 0 Å². The Morgan fingerprint density at radius 3 is 2.94 bits per heavy atom. The van der Waals surface area contributed by atoms with Crippen LogP contribution in [0.2, 0.25) is 0 Å². The van der Waals surface area contributed by atoms with Crippen LogP contribution in [-0.4, -0.2) is 22.6 Å². The molecule has 1 aliphatic carbocycles. The number of H-pyrrole nitrogens is 1. The molecule has 0 saturated heterocycles. The minimum atomic E-state index is -0.337. The lowest BCUT2D eigenvalue weighted by Gasteiger charge is -2.38. The van der Waals surface area contributed by atoms with Crippen LogP contribution in [0.15, 0.2) is 6.20 Å². The Morgan fingerprint density at radius 1 is 1.69 bits per heavy atom. The second kappa shape index (κ2) is 4.25. The van der Waals surface area contributed by atoms with E-state index in [2.05, 4.69) is 15.5 Å². The fourth-order valence-corrected chi connectivity index (χ4v) is 2.06. The van der Waals surface area contributed by atoms with E-state index in [1.807, 2.05) is 6.92 Å². The van der Waals surface area contributed by atoms with Gasteiger partial charge in [-0.05, 0) is 19.3 Å². The number of anilines is 1. The number of aromatic amines is 1. The summed E-state index contributed by atoms with van der Waals surface area (Å²) < 4.78 is 0. The lowest BCUT2D eigenvalue weighted by atomic mass is 9.68. The van der Waals surface area contributed by atoms with Gasteiger partial charge in [-0.15, -0.1) is 0 Å². The van der Waals surface area contributed by atoms with E-state index in [4.69, 9.17) is 5.73 Å². The average molecular weight is 222 g/mol. The summed E-state index contributed by atoms with van der Waals surface area (Å²) in [6.45, 7) is 2.46. The number of carbonyl (C=O) groups is 1. The lowest BCUT2D eigenvalue weighted by Crippen LogP contribution is -2.47. The summed E-state index contributed by atoms with van der Waals surface area (Å²) in [6.07, 6.45) is 5.47. The highest BCUT2D eigenvalue weighted by Crippen LogP contribution is 2.40. The number of carbonyl (C=O) groups excluding carboxylic acids is 1. The van der Waals surface area contributed by atoms with Crippen LogP contribution in [0.3, 0.4) is 0 Å². The van der Waals surface area contributed by atoms with Gasteiger partial charge in [0.2, 0.25) is 5.91 Å². The molecule has 5 heteroatoms. The zero-order chi connectivity index (χ0) is 11.6. The molecule has 1 aromatic heterocycles. The maximum atomic E-state index is 12.1. The number of hydrogen-bond donors (Lipinski definition) is 3. The van der Waals surface area contributed by atoms with E-state index >= 15 is 0 Å². The van der Waals surface area contributed by atoms with Crippen LogP contribution >= 0.6 is 0 Å². The predicted octanol–water partition coefficient (Wildman–Crippen LogP) is 1.04. The van der Waals surface area contributed by atoms with Crippen LogP contribution in [-0.2, 0) is 11.2 Å². The quantitative estimate of drug-likeness (QED) is 0.711. The smallest absolute Gasteiger partial charge is 0.233 e. The summed E-state index contributed by atoms with van der Waals surface area (Å²) in [4.78, 5) is 12.1. The first-order chi connectivity index (χ1) is 7.72. The van der Waals surface area contributed by atoms with Crippen molar-refractivity contribution in [2.24, 2.45) is 11.1 Å². The SMILES string of the molecule is CCc1cn[nH]c1NC(=O)C1(CN)CCC1. The third-order valence-electron chi connectivity index (χ3n) is 3.52. The van der Waals surface area contributed by atoms with Crippen molar-refractivity contribution in [1.29, 1.82) is 0 Å². The van der Waals surface area contributed by atoms with Crippen LogP contribution in [0, 0.1) is 5.41 Å². The molecule has 2 rings (SSSR count). The minimum absolute atomic E-state index is 0.0280. The highest BCUT2D eigenvalue weighted by molar-refractivity contribution is 5.95. The molecule has 88 valence electrons. The molecule has 5 nitrogen and oxygen atoms in total. The number of aryl methyl sites for hydroxylation is 1. The van der Waals surface area contributed by atoms with Gasteiger partial charge in [0.25, 0.3) is 0 Å². The summed E-state index contributed by atoms with van der Waals surface area (Å²) in [5.74, 6) is 0.743. The van der Waals surface area contributed by atoms with Crippen LogP contribution < -0.4 is 11.1 Å². The lowest BCUT2D eigenvalue weighted by molar-refractivity contribution is -0.129. The van der Waals surface area contributed by atoms with Crippen molar-refractivity contribution in [2.75, 3.05) is 11.9 Å². The summed E-state index contributed by atoms with van der Waals surface area (Å²) in [5.41, 5.74) is 6.37. The molecule has 1 amide bonds. The Bertz CT molecular complexity index is 376. The van der Waals surface area contributed by atoms with E-state index in [1.165, 1.54) is 0 Å². The molecule has 4 N–H and O–H groups in total. The van der Waals surface area contributed by atoms with Crippen molar-refractivity contribution in [2.45, 2.75) is 32.6 Å². The molecule has 0 unspecified atom stereocenters. The van der Waals surface area contributed by atoms with Crippen molar-refractivity contribution < 1.29 is 4.79 Å². The van der Waals surface area contributed by atoms with E-state index in [0.29, 0.717) is 12.4 Å². The number of nitrogens with zero attached hydrogens (tertiary/aromatic N) is 1. The van der Waals surface area contributed by atoms with E-state index in [0.717, 1.165) is 31.2 Å². The Kier molecular flexibility index (Phi) is 2.96. The van der Waals surface area contributed by atoms with E-state index in [-0.39, 0.29) is 11.3 Å². The van der Waals surface area contributed by atoms with Gasteiger partial charge in [0.1, 0.15) is 5.82 Å². The number of rotatable bonds is 4. The van der Waals surface area contributed by atoms with Gasteiger partial charge in [0, 0.05) is 12.1 Å². The molecule has 0 atom stereocenters. The molecule has 0 spiro atoms. The van der Waals surface area contributed by atoms with Gasteiger partial charge in [-0.25, -0.2) is 0 Å². The molecule has 1 fully saturated rings. The molecule has 0 aromatic carbocycles. The van der Waals surface area contributed by atoms with Crippen molar-refractivity contribution in [3.8, 4) is 0 Å². The van der Waals surface area contributed by atoms with Crippen LogP contribution in [0.4, 0.5) is 5.82 Å². The highest BCUT2D eigenvalue weighted by atomic mass is 16.2. The van der Waals surface area contributed by atoms with E-state index < -0.39 is 0 Å². The highest BCUT2D eigenvalue weighted by Gasteiger charge is 2.43. The molecule has 0 aliphatic heterocycles. The normalized spacial score (nSPS) is 17.9. The zero-order valence-electron chi connectivity index (χ0n) is 9.55. The van der Waals surface area contributed by atoms with Crippen molar-refractivity contribution >= 4 is 11.7 Å². The minimum Gasteiger partial charge on any atom is -0.329 e. The number of aromatic nitrogens is 2. The summed E-state index contributed by atoms with van der Waals surface area (Å²) in [7, 11) is 0. The molecule has 16 heavy (non-hydrogen) atoms. The molecule has 1 saturated carbocycles. The standard InChI is InChI=1S/C11H18N4O/c1-2-8-6-13-15-9(8)14-10(16)11(7-12)4-3-5-11/h6H,2-5,7,12H2,1H3,(H2,13,14,15,16). The largest absolute Gasteiger partial charge is 0.329 e. The summed E-state index contributed by atoms with van der Waals surface area (Å²) in [5, 5.41) is 9.63. The topological polar surface area (TPSA) is 83.8 Å². The number of amides is 1. The fraction of sp³-hybridized carbons (Fsp3) is 0.636. The van der Waals surface area contributed by atoms with Crippen molar-refractivity contribution in [1.82, 2.24) is 10.2 Å². The van der Waals surface area contributed by atoms with E-state index in [1.54, 1.807) is 6.20 Å². The van der Waals surface area contributed by atoms with Crippen molar-refractivity contribution in [3.63, 3.8) is 0 Å². The Hall–Kier alpha value is -1.36. The van der Waals surface area contributed by atoms with Gasteiger partial charge in [-0.2, -0.15) is 5.10 Å². The first-order valence-corrected chi connectivity index (χ1v) is 5.75. The van der Waals surface area contributed by atoms with Gasteiger partial charge in [0.15, 0.2) is 0 Å². The summed E-state index contributed by atoms with van der Waals surface area (Å²) >= 11 is 0. The molecule has 1 heterocycles. The first kappa shape index (κ1) is 11.1. The Balaban J connectivity index is 2.07. The molecule has 1 aromatic rings. The van der Waals surface area contributed by atoms with Gasteiger partial charge in [-0.3, -0.25) is 9.89 Å². The molecular weight excluding hydrogens is 204 g/mol. The maximum absolute atomic E-state index is 12.1. The predicted molar refractivity (Wildman–Crippen MR) is 61.9 cm³/mol. The second-order valence-corrected chi connectivity index (χ2v) is 4.42. The second-order valence-electron chi connectivity index (χ2n) is 4.42. The van der Waals surface area contributed by atoms with Gasteiger partial charge in [0.05, 0.1) is 11.6 Å². The number of nitrogens with one attached hydrogen (secondary N) is 2. The number of hydrogen-bond acceptors (Lipinski definition) is 3. The Labute approximate surface area is 94.8 Å². The average Bonchev–Trinajstić information content (AvgIpc) is 2.64. The fourth-order valence-electron chi connectivity index (χ4n) is 2.06. The third-order valence-corrected chi connectivity index (χ3v) is 3.52. The van der Waals surface area contributed by atoms with Gasteiger partial charge >= 0.3 is 0 Å². The van der Waals surface area contributed by atoms with Crippen LogP contribution in [0.25, 0.3) is 0 Å². The zero-order valence-corrected chi connectivity index (χ0v) is 9.55. The van der Waals surface area contributed by atoms with Crippen LogP contribution in [0.1, 0.15) is 31.7 Å². The first-order valence-electron chi connectivity index (χ1n) is 5.75. The van der Waals surface area contributed by atoms with Gasteiger partial charge < -0.3 is 11.1 Å². The van der Waals surface area contributed by atoms with Crippen molar-refractivity contribution in [3.05, 3.63) is 11.8 Å².